The second-order valence-corrected chi connectivity index (χ2v) is 5.11. The van der Waals surface area contributed by atoms with Gasteiger partial charge in [-0.15, -0.1) is 0 Å². The predicted octanol–water partition coefficient (Wildman–Crippen LogP) is 2.84. The first-order chi connectivity index (χ1) is 9.70. The maximum atomic E-state index is 11.8. The Morgan fingerprint density at radius 2 is 1.90 bits per heavy atom. The van der Waals surface area contributed by atoms with Crippen LogP contribution in [0.4, 0.5) is 0 Å². The van der Waals surface area contributed by atoms with Crippen LogP contribution >= 0.6 is 0 Å². The highest BCUT2D eigenvalue weighted by Gasteiger charge is 2.05. The number of amides is 1. The van der Waals surface area contributed by atoms with Crippen LogP contribution in [-0.2, 0) is 11.3 Å². The third kappa shape index (κ3) is 3.81. The third-order valence-electron chi connectivity index (χ3n) is 3.58. The average Bonchev–Trinajstić information content (AvgIpc) is 2.50. The van der Waals surface area contributed by atoms with Crippen LogP contribution in [0, 0.1) is 0 Å². The molecule has 20 heavy (non-hydrogen) atoms. The Morgan fingerprint density at radius 1 is 1.15 bits per heavy atom. The predicted molar refractivity (Wildman–Crippen MR) is 83.6 cm³/mol. The van der Waals surface area contributed by atoms with Crippen molar-refractivity contribution >= 4 is 16.7 Å². The summed E-state index contributed by atoms with van der Waals surface area (Å²) in [5.41, 5.74) is 1.15. The van der Waals surface area contributed by atoms with Gasteiger partial charge in [-0.05, 0) is 29.7 Å². The van der Waals surface area contributed by atoms with E-state index >= 15 is 0 Å². The fourth-order valence-electron chi connectivity index (χ4n) is 2.11. The minimum Gasteiger partial charge on any atom is -0.351 e. The molecule has 2 aromatic carbocycles. The first kappa shape index (κ1) is 14.5. The molecule has 1 atom stereocenters. The maximum absolute atomic E-state index is 11.8. The average molecular weight is 270 g/mol. The molecule has 0 bridgehead atoms. The fourth-order valence-corrected chi connectivity index (χ4v) is 2.11. The van der Waals surface area contributed by atoms with E-state index in [4.69, 9.17) is 0 Å². The number of fused-ring (bicyclic) bond motifs is 1. The zero-order valence-corrected chi connectivity index (χ0v) is 12.1. The lowest BCUT2D eigenvalue weighted by Gasteiger charge is -2.12. The summed E-state index contributed by atoms with van der Waals surface area (Å²) in [4.78, 5) is 11.8. The molecule has 0 radical (unpaired) electrons. The van der Waals surface area contributed by atoms with Gasteiger partial charge >= 0.3 is 0 Å². The molecule has 0 aliphatic carbocycles. The van der Waals surface area contributed by atoms with Crippen molar-refractivity contribution in [3.05, 3.63) is 48.0 Å². The molecule has 0 aliphatic rings. The summed E-state index contributed by atoms with van der Waals surface area (Å²) in [5.74, 6) is 0.0400. The van der Waals surface area contributed by atoms with Gasteiger partial charge in [-0.25, -0.2) is 0 Å². The normalized spacial score (nSPS) is 12.3. The molecule has 1 unspecified atom stereocenters. The third-order valence-corrected chi connectivity index (χ3v) is 3.58. The molecule has 2 aromatic rings. The number of hydrogen-bond acceptors (Lipinski definition) is 2. The van der Waals surface area contributed by atoms with E-state index < -0.39 is 0 Å². The summed E-state index contributed by atoms with van der Waals surface area (Å²) in [6, 6.07) is 14.8. The van der Waals surface area contributed by atoms with E-state index in [0.717, 1.165) is 12.0 Å². The highest BCUT2D eigenvalue weighted by atomic mass is 16.1. The Balaban J connectivity index is 1.94. The maximum Gasteiger partial charge on any atom is 0.234 e. The summed E-state index contributed by atoms with van der Waals surface area (Å²) >= 11 is 0. The van der Waals surface area contributed by atoms with E-state index in [0.29, 0.717) is 19.1 Å². The summed E-state index contributed by atoms with van der Waals surface area (Å²) in [6.07, 6.45) is 1.02. The van der Waals surface area contributed by atoms with E-state index in [1.54, 1.807) is 0 Å². The molecule has 2 N–H and O–H groups in total. The molecule has 1 amide bonds. The Morgan fingerprint density at radius 3 is 2.70 bits per heavy atom. The smallest absolute Gasteiger partial charge is 0.234 e. The van der Waals surface area contributed by atoms with Crippen LogP contribution in [0.25, 0.3) is 10.8 Å². The number of nitrogens with one attached hydrogen (secondary N) is 2. The SMILES string of the molecule is CCC(C)NCC(=O)NCc1cccc2ccccc12. The molecular formula is C17H22N2O. The fraction of sp³-hybridized carbons (Fsp3) is 0.353. The minimum absolute atomic E-state index is 0.0400. The largest absolute Gasteiger partial charge is 0.351 e. The molecular weight excluding hydrogens is 248 g/mol. The zero-order chi connectivity index (χ0) is 14.4. The molecule has 0 aliphatic heterocycles. The number of hydrogen-bond donors (Lipinski definition) is 2. The van der Waals surface area contributed by atoms with Crippen molar-refractivity contribution in [2.75, 3.05) is 6.54 Å². The molecule has 0 fully saturated rings. The summed E-state index contributed by atoms with van der Waals surface area (Å²) in [6.45, 7) is 5.13. The van der Waals surface area contributed by atoms with Crippen molar-refractivity contribution in [3.63, 3.8) is 0 Å². The van der Waals surface area contributed by atoms with Crippen molar-refractivity contribution in [2.45, 2.75) is 32.9 Å². The van der Waals surface area contributed by atoms with Gasteiger partial charge in [0.25, 0.3) is 0 Å². The zero-order valence-electron chi connectivity index (χ0n) is 12.1. The van der Waals surface area contributed by atoms with Gasteiger partial charge in [0.05, 0.1) is 6.54 Å². The quantitative estimate of drug-likeness (QED) is 0.847. The molecule has 3 heteroatoms. The number of benzene rings is 2. The van der Waals surface area contributed by atoms with Crippen molar-refractivity contribution < 1.29 is 4.79 Å². The molecule has 3 nitrogen and oxygen atoms in total. The summed E-state index contributed by atoms with van der Waals surface area (Å²) in [7, 11) is 0. The van der Waals surface area contributed by atoms with Gasteiger partial charge in [0, 0.05) is 12.6 Å². The Kier molecular flexibility index (Phi) is 5.13. The van der Waals surface area contributed by atoms with E-state index in [1.165, 1.54) is 10.8 Å². The van der Waals surface area contributed by atoms with Crippen LogP contribution in [0.15, 0.2) is 42.5 Å². The second kappa shape index (κ2) is 7.06. The van der Waals surface area contributed by atoms with Crippen LogP contribution < -0.4 is 10.6 Å². The lowest BCUT2D eigenvalue weighted by Crippen LogP contribution is -2.37. The first-order valence-electron chi connectivity index (χ1n) is 7.17. The standard InChI is InChI=1S/C17H22N2O/c1-3-13(2)18-12-17(20)19-11-15-9-6-8-14-7-4-5-10-16(14)15/h4-10,13,18H,3,11-12H2,1-2H3,(H,19,20). The highest BCUT2D eigenvalue weighted by Crippen LogP contribution is 2.18. The molecule has 0 spiro atoms. The van der Waals surface area contributed by atoms with Crippen LogP contribution in [0.5, 0.6) is 0 Å². The van der Waals surface area contributed by atoms with E-state index in [2.05, 4.69) is 48.7 Å². The first-order valence-corrected chi connectivity index (χ1v) is 7.17. The van der Waals surface area contributed by atoms with Crippen molar-refractivity contribution in [1.82, 2.24) is 10.6 Å². The molecule has 106 valence electrons. The van der Waals surface area contributed by atoms with E-state index in [-0.39, 0.29) is 5.91 Å². The Labute approximate surface area is 120 Å². The molecule has 0 saturated heterocycles. The van der Waals surface area contributed by atoms with Crippen molar-refractivity contribution in [1.29, 1.82) is 0 Å². The molecule has 0 aromatic heterocycles. The summed E-state index contributed by atoms with van der Waals surface area (Å²) < 4.78 is 0. The second-order valence-electron chi connectivity index (χ2n) is 5.11. The van der Waals surface area contributed by atoms with Crippen LogP contribution in [0.2, 0.25) is 0 Å². The Bertz CT molecular complexity index is 575. The molecule has 0 saturated carbocycles. The van der Waals surface area contributed by atoms with Gasteiger partial charge < -0.3 is 10.6 Å². The van der Waals surface area contributed by atoms with Crippen LogP contribution in [0.3, 0.4) is 0 Å². The van der Waals surface area contributed by atoms with Crippen LogP contribution in [0.1, 0.15) is 25.8 Å². The van der Waals surface area contributed by atoms with Crippen molar-refractivity contribution in [3.8, 4) is 0 Å². The van der Waals surface area contributed by atoms with Gasteiger partial charge in [-0.1, -0.05) is 49.4 Å². The number of carbonyl (C=O) groups is 1. The van der Waals surface area contributed by atoms with E-state index in [1.807, 2.05) is 18.2 Å². The summed E-state index contributed by atoms with van der Waals surface area (Å²) in [5, 5.41) is 8.57. The van der Waals surface area contributed by atoms with Gasteiger partial charge in [-0.2, -0.15) is 0 Å². The van der Waals surface area contributed by atoms with Crippen molar-refractivity contribution in [2.24, 2.45) is 0 Å². The topological polar surface area (TPSA) is 41.1 Å². The molecule has 2 rings (SSSR count). The molecule has 0 heterocycles. The monoisotopic (exact) mass is 270 g/mol. The van der Waals surface area contributed by atoms with Crippen LogP contribution in [-0.4, -0.2) is 18.5 Å². The van der Waals surface area contributed by atoms with Gasteiger partial charge in [0.2, 0.25) is 5.91 Å². The number of rotatable bonds is 6. The highest BCUT2D eigenvalue weighted by molar-refractivity contribution is 5.86. The minimum atomic E-state index is 0.0400. The van der Waals surface area contributed by atoms with E-state index in [9.17, 15) is 4.79 Å². The van der Waals surface area contributed by atoms with Gasteiger partial charge in [0.1, 0.15) is 0 Å². The lowest BCUT2D eigenvalue weighted by molar-refractivity contribution is -0.120. The van der Waals surface area contributed by atoms with Gasteiger partial charge in [-0.3, -0.25) is 4.79 Å². The van der Waals surface area contributed by atoms with Gasteiger partial charge in [0.15, 0.2) is 0 Å². The number of carbonyl (C=O) groups excluding carboxylic acids is 1. The Hall–Kier alpha value is -1.87. The lowest BCUT2D eigenvalue weighted by atomic mass is 10.0.